The van der Waals surface area contributed by atoms with Gasteiger partial charge in [-0.1, -0.05) is 0 Å². The molecule has 0 bridgehead atoms. The Bertz CT molecular complexity index is 167. The van der Waals surface area contributed by atoms with Crippen molar-refractivity contribution in [2.24, 2.45) is 0 Å². The van der Waals surface area contributed by atoms with Crippen LogP contribution in [0.2, 0.25) is 0 Å². The molecule has 0 aromatic rings. The highest BCUT2D eigenvalue weighted by atomic mass is 16.6. The minimum Gasteiger partial charge on any atom is -0.394 e. The predicted octanol–water partition coefficient (Wildman–Crippen LogP) is -3.23. The topological polar surface area (TPSA) is 122 Å². The summed E-state index contributed by atoms with van der Waals surface area (Å²) >= 11 is 0. The van der Waals surface area contributed by atoms with Gasteiger partial charge in [-0.05, 0) is 0 Å². The zero-order chi connectivity index (χ0) is 10.0. The van der Waals surface area contributed by atoms with Gasteiger partial charge in [0.2, 0.25) is 0 Å². The number of hydroxylamine groups is 1. The lowest BCUT2D eigenvalue weighted by atomic mass is 9.98. The third kappa shape index (κ3) is 1.97. The summed E-state index contributed by atoms with van der Waals surface area (Å²) in [6.07, 6.45) is -5.26. The van der Waals surface area contributed by atoms with Crippen molar-refractivity contribution in [2.45, 2.75) is 30.6 Å². The SMILES string of the molecule is OC[C@H]1OC(O)C(NO)C(O)[C@@H]1O. The van der Waals surface area contributed by atoms with E-state index >= 15 is 0 Å². The van der Waals surface area contributed by atoms with Crippen LogP contribution >= 0.6 is 0 Å². The highest BCUT2D eigenvalue weighted by Gasteiger charge is 2.43. The molecule has 0 spiro atoms. The van der Waals surface area contributed by atoms with Gasteiger partial charge in [0.1, 0.15) is 24.4 Å². The third-order valence-electron chi connectivity index (χ3n) is 2.05. The fourth-order valence-electron chi connectivity index (χ4n) is 1.24. The fourth-order valence-corrected chi connectivity index (χ4v) is 1.24. The Morgan fingerprint density at radius 2 is 1.77 bits per heavy atom. The van der Waals surface area contributed by atoms with Crippen LogP contribution in [0, 0.1) is 0 Å². The van der Waals surface area contributed by atoms with E-state index in [1.807, 2.05) is 0 Å². The number of hydrogen-bond acceptors (Lipinski definition) is 7. The van der Waals surface area contributed by atoms with E-state index in [4.69, 9.17) is 20.2 Å². The van der Waals surface area contributed by atoms with E-state index < -0.39 is 37.3 Å². The van der Waals surface area contributed by atoms with E-state index in [9.17, 15) is 10.2 Å². The Balaban J connectivity index is 2.66. The van der Waals surface area contributed by atoms with Gasteiger partial charge in [-0.15, -0.1) is 0 Å². The predicted molar refractivity (Wildman–Crippen MR) is 38.7 cm³/mol. The smallest absolute Gasteiger partial charge is 0.175 e. The number of hydrogen-bond donors (Lipinski definition) is 6. The number of aliphatic hydroxyl groups excluding tert-OH is 4. The van der Waals surface area contributed by atoms with Crippen molar-refractivity contribution in [3.63, 3.8) is 0 Å². The summed E-state index contributed by atoms with van der Waals surface area (Å²) in [6, 6.07) is -1.18. The molecule has 5 atom stereocenters. The van der Waals surface area contributed by atoms with Crippen LogP contribution in [-0.2, 0) is 4.74 Å². The Morgan fingerprint density at radius 3 is 2.23 bits per heavy atom. The maximum Gasteiger partial charge on any atom is 0.175 e. The van der Waals surface area contributed by atoms with Crippen molar-refractivity contribution in [1.82, 2.24) is 5.48 Å². The van der Waals surface area contributed by atoms with Gasteiger partial charge in [-0.25, -0.2) is 0 Å². The number of rotatable bonds is 2. The molecule has 13 heavy (non-hydrogen) atoms. The van der Waals surface area contributed by atoms with Gasteiger partial charge in [-0.3, -0.25) is 0 Å². The molecule has 0 amide bonds. The van der Waals surface area contributed by atoms with Crippen LogP contribution in [0.4, 0.5) is 0 Å². The van der Waals surface area contributed by atoms with Crippen LogP contribution < -0.4 is 5.48 Å². The quantitative estimate of drug-likeness (QED) is 0.256. The van der Waals surface area contributed by atoms with Crippen molar-refractivity contribution in [3.8, 4) is 0 Å². The normalized spacial score (nSPS) is 46.4. The van der Waals surface area contributed by atoms with Gasteiger partial charge in [0, 0.05) is 0 Å². The lowest BCUT2D eigenvalue weighted by Gasteiger charge is -2.39. The summed E-state index contributed by atoms with van der Waals surface area (Å²) in [5, 5.41) is 44.8. The molecular formula is C6H13NO6. The Hall–Kier alpha value is -0.280. The van der Waals surface area contributed by atoms with Gasteiger partial charge in [0.15, 0.2) is 6.29 Å². The third-order valence-corrected chi connectivity index (χ3v) is 2.05. The van der Waals surface area contributed by atoms with Crippen molar-refractivity contribution >= 4 is 0 Å². The van der Waals surface area contributed by atoms with E-state index in [1.54, 1.807) is 5.48 Å². The first-order valence-electron chi connectivity index (χ1n) is 3.82. The van der Waals surface area contributed by atoms with E-state index in [2.05, 4.69) is 0 Å². The molecule has 1 fully saturated rings. The summed E-state index contributed by atoms with van der Waals surface area (Å²) in [4.78, 5) is 0. The molecule has 6 N–H and O–H groups in total. The van der Waals surface area contributed by atoms with E-state index in [0.29, 0.717) is 0 Å². The Labute approximate surface area is 74.1 Å². The summed E-state index contributed by atoms with van der Waals surface area (Å²) in [5.74, 6) is 0. The van der Waals surface area contributed by atoms with E-state index in [-0.39, 0.29) is 0 Å². The highest BCUT2D eigenvalue weighted by molar-refractivity contribution is 4.90. The van der Waals surface area contributed by atoms with E-state index in [1.165, 1.54) is 0 Å². The van der Waals surface area contributed by atoms with E-state index in [0.717, 1.165) is 0 Å². The lowest BCUT2D eigenvalue weighted by Crippen LogP contribution is -2.62. The van der Waals surface area contributed by atoms with Crippen LogP contribution in [0.3, 0.4) is 0 Å². The molecule has 1 aliphatic heterocycles. The molecule has 0 aliphatic carbocycles. The Kier molecular flexibility index (Phi) is 3.56. The second-order valence-corrected chi connectivity index (χ2v) is 2.88. The van der Waals surface area contributed by atoms with Crippen LogP contribution in [0.1, 0.15) is 0 Å². The lowest BCUT2D eigenvalue weighted by molar-refractivity contribution is -0.265. The van der Waals surface area contributed by atoms with Crippen LogP contribution in [0.25, 0.3) is 0 Å². The van der Waals surface area contributed by atoms with Crippen molar-refractivity contribution in [3.05, 3.63) is 0 Å². The van der Waals surface area contributed by atoms with Crippen molar-refractivity contribution < 1.29 is 30.4 Å². The van der Waals surface area contributed by atoms with Crippen LogP contribution in [-0.4, -0.2) is 62.9 Å². The largest absolute Gasteiger partial charge is 0.394 e. The zero-order valence-corrected chi connectivity index (χ0v) is 6.74. The minimum absolute atomic E-state index is 0.520. The summed E-state index contributed by atoms with van der Waals surface area (Å²) in [6.45, 7) is -0.520. The molecule has 0 aromatic heterocycles. The Morgan fingerprint density at radius 1 is 1.15 bits per heavy atom. The second-order valence-electron chi connectivity index (χ2n) is 2.88. The first kappa shape index (κ1) is 10.8. The molecule has 1 heterocycles. The molecule has 0 aromatic carbocycles. The monoisotopic (exact) mass is 195 g/mol. The van der Waals surface area contributed by atoms with Crippen molar-refractivity contribution in [2.75, 3.05) is 6.61 Å². The second kappa shape index (κ2) is 4.29. The summed E-state index contributed by atoms with van der Waals surface area (Å²) in [7, 11) is 0. The molecule has 1 aliphatic rings. The fraction of sp³-hybridized carbons (Fsp3) is 1.00. The van der Waals surface area contributed by atoms with Gasteiger partial charge in [-0.2, -0.15) is 5.48 Å². The molecule has 0 radical (unpaired) electrons. The average molecular weight is 195 g/mol. The highest BCUT2D eigenvalue weighted by Crippen LogP contribution is 2.18. The molecule has 78 valence electrons. The molecule has 0 saturated carbocycles. The molecule has 7 nitrogen and oxygen atoms in total. The number of ether oxygens (including phenoxy) is 1. The standard InChI is InChI=1S/C6H13NO6/c8-1-2-4(9)5(10)3(7-12)6(11)13-2/h2-12H,1H2/t2-,3?,4-,5?,6?/m1/s1. The van der Waals surface area contributed by atoms with Gasteiger partial charge in [0.25, 0.3) is 0 Å². The zero-order valence-electron chi connectivity index (χ0n) is 6.74. The minimum atomic E-state index is -1.47. The first-order valence-corrected chi connectivity index (χ1v) is 3.82. The maximum absolute atomic E-state index is 9.29. The maximum atomic E-state index is 9.29. The first-order chi connectivity index (χ1) is 6.11. The number of nitrogens with one attached hydrogen (secondary N) is 1. The molecular weight excluding hydrogens is 182 g/mol. The summed E-state index contributed by atoms with van der Waals surface area (Å²) in [5.41, 5.74) is 1.61. The van der Waals surface area contributed by atoms with Crippen LogP contribution in [0.5, 0.6) is 0 Å². The average Bonchev–Trinajstić information content (AvgIpc) is 2.12. The molecule has 7 heteroatoms. The molecule has 1 rings (SSSR count). The van der Waals surface area contributed by atoms with Crippen molar-refractivity contribution in [1.29, 1.82) is 0 Å². The number of aliphatic hydroxyl groups is 4. The summed E-state index contributed by atoms with van der Waals surface area (Å²) < 4.78 is 4.69. The molecule has 3 unspecified atom stereocenters. The van der Waals surface area contributed by atoms with Gasteiger partial charge in [0.05, 0.1) is 6.61 Å². The van der Waals surface area contributed by atoms with Crippen LogP contribution in [0.15, 0.2) is 0 Å². The molecule has 1 saturated heterocycles. The van der Waals surface area contributed by atoms with Gasteiger partial charge >= 0.3 is 0 Å². The van der Waals surface area contributed by atoms with Gasteiger partial charge < -0.3 is 30.4 Å².